The average molecular weight is 345 g/mol. The molecule has 0 spiro atoms. The predicted octanol–water partition coefficient (Wildman–Crippen LogP) is 2.14. The van der Waals surface area contributed by atoms with E-state index in [9.17, 15) is 4.79 Å². The van der Waals surface area contributed by atoms with Gasteiger partial charge < -0.3 is 24.8 Å². The molecule has 0 bridgehead atoms. The molecule has 0 unspecified atom stereocenters. The molecular weight excluding hydrogens is 326 g/mol. The summed E-state index contributed by atoms with van der Waals surface area (Å²) in [5.41, 5.74) is 0.764. The topological polar surface area (TPSA) is 110 Å². The van der Waals surface area contributed by atoms with Gasteiger partial charge in [0.25, 0.3) is 0 Å². The van der Waals surface area contributed by atoms with E-state index in [0.717, 1.165) is 5.69 Å². The standard InChI is InChI=1S/C16H19N5O4/c1-24-14-3-2-11(9-17-14)20-13-8-15(19-10-18-13)25-12-4-6-21(7-5-12)16(22)23/h2-3,8-10,12H,4-7H2,1H3,(H,22,23)(H,18,19,20). The molecule has 0 aromatic carbocycles. The van der Waals surface area contributed by atoms with E-state index in [-0.39, 0.29) is 6.10 Å². The second-order valence-electron chi connectivity index (χ2n) is 5.54. The number of carboxylic acid groups (broad SMARTS) is 1. The van der Waals surface area contributed by atoms with Crippen molar-refractivity contribution in [2.24, 2.45) is 0 Å². The van der Waals surface area contributed by atoms with Crippen molar-refractivity contribution in [3.8, 4) is 11.8 Å². The van der Waals surface area contributed by atoms with Gasteiger partial charge in [-0.3, -0.25) is 0 Å². The molecule has 2 aromatic heterocycles. The number of likely N-dealkylation sites (tertiary alicyclic amines) is 1. The summed E-state index contributed by atoms with van der Waals surface area (Å²) in [5, 5.41) is 12.1. The zero-order chi connectivity index (χ0) is 17.6. The lowest BCUT2D eigenvalue weighted by molar-refractivity contribution is 0.0870. The van der Waals surface area contributed by atoms with Crippen LogP contribution < -0.4 is 14.8 Å². The molecule has 1 saturated heterocycles. The Bertz CT molecular complexity index is 717. The lowest BCUT2D eigenvalue weighted by atomic mass is 10.1. The molecular formula is C16H19N5O4. The van der Waals surface area contributed by atoms with Crippen molar-refractivity contribution in [3.63, 3.8) is 0 Å². The van der Waals surface area contributed by atoms with Crippen molar-refractivity contribution in [1.29, 1.82) is 0 Å². The van der Waals surface area contributed by atoms with Gasteiger partial charge in [-0.15, -0.1) is 0 Å². The van der Waals surface area contributed by atoms with Gasteiger partial charge >= 0.3 is 6.09 Å². The fourth-order valence-electron chi connectivity index (χ4n) is 2.53. The van der Waals surface area contributed by atoms with Crippen molar-refractivity contribution < 1.29 is 19.4 Å². The van der Waals surface area contributed by atoms with Crippen LogP contribution in [0, 0.1) is 0 Å². The van der Waals surface area contributed by atoms with E-state index in [1.54, 1.807) is 25.4 Å². The maximum atomic E-state index is 10.9. The van der Waals surface area contributed by atoms with E-state index in [1.807, 2.05) is 6.07 Å². The molecule has 1 aliphatic heterocycles. The Morgan fingerprint density at radius 3 is 2.68 bits per heavy atom. The van der Waals surface area contributed by atoms with Crippen LogP contribution in [0.1, 0.15) is 12.8 Å². The first-order valence-corrected chi connectivity index (χ1v) is 7.87. The van der Waals surface area contributed by atoms with Crippen LogP contribution in [-0.2, 0) is 0 Å². The number of methoxy groups -OCH3 is 1. The van der Waals surface area contributed by atoms with Gasteiger partial charge in [0, 0.05) is 38.1 Å². The number of nitrogens with zero attached hydrogens (tertiary/aromatic N) is 4. The molecule has 2 aromatic rings. The minimum atomic E-state index is -0.889. The number of carbonyl (C=O) groups is 1. The van der Waals surface area contributed by atoms with Gasteiger partial charge in [-0.2, -0.15) is 0 Å². The monoisotopic (exact) mass is 345 g/mol. The summed E-state index contributed by atoms with van der Waals surface area (Å²) in [4.78, 5) is 24.7. The number of nitrogens with one attached hydrogen (secondary N) is 1. The first-order chi connectivity index (χ1) is 12.1. The van der Waals surface area contributed by atoms with Gasteiger partial charge in [-0.25, -0.2) is 19.7 Å². The molecule has 3 heterocycles. The Kier molecular flexibility index (Phi) is 5.12. The molecule has 9 nitrogen and oxygen atoms in total. The molecule has 1 amide bonds. The second-order valence-corrected chi connectivity index (χ2v) is 5.54. The van der Waals surface area contributed by atoms with Gasteiger partial charge in [0.2, 0.25) is 11.8 Å². The minimum absolute atomic E-state index is 0.0546. The third kappa shape index (κ3) is 4.46. The van der Waals surface area contributed by atoms with Crippen LogP contribution >= 0.6 is 0 Å². The van der Waals surface area contributed by atoms with Gasteiger partial charge in [-0.1, -0.05) is 0 Å². The first kappa shape index (κ1) is 16.7. The Hall–Kier alpha value is -3.10. The van der Waals surface area contributed by atoms with E-state index in [0.29, 0.717) is 43.5 Å². The summed E-state index contributed by atoms with van der Waals surface area (Å²) in [7, 11) is 1.56. The smallest absolute Gasteiger partial charge is 0.407 e. The number of aromatic nitrogens is 3. The Labute approximate surface area is 144 Å². The third-order valence-electron chi connectivity index (χ3n) is 3.86. The summed E-state index contributed by atoms with van der Waals surface area (Å²) in [6.07, 6.45) is 3.40. The SMILES string of the molecule is COc1ccc(Nc2cc(OC3CCN(C(=O)O)CC3)ncn2)cn1. The number of hydrogen-bond donors (Lipinski definition) is 2. The highest BCUT2D eigenvalue weighted by Gasteiger charge is 2.23. The molecule has 0 saturated carbocycles. The molecule has 1 fully saturated rings. The van der Waals surface area contributed by atoms with Crippen molar-refractivity contribution in [1.82, 2.24) is 19.9 Å². The molecule has 3 rings (SSSR count). The highest BCUT2D eigenvalue weighted by Crippen LogP contribution is 2.21. The lowest BCUT2D eigenvalue weighted by Gasteiger charge is -2.29. The number of amides is 1. The van der Waals surface area contributed by atoms with Crippen LogP contribution in [0.3, 0.4) is 0 Å². The van der Waals surface area contributed by atoms with Gasteiger partial charge in [0.05, 0.1) is 19.0 Å². The highest BCUT2D eigenvalue weighted by molar-refractivity contribution is 5.65. The van der Waals surface area contributed by atoms with E-state index >= 15 is 0 Å². The van der Waals surface area contributed by atoms with Gasteiger partial charge in [0.15, 0.2) is 0 Å². The maximum absolute atomic E-state index is 10.9. The normalized spacial score (nSPS) is 14.8. The number of rotatable bonds is 5. The Balaban J connectivity index is 1.58. The van der Waals surface area contributed by atoms with Crippen molar-refractivity contribution >= 4 is 17.6 Å². The number of hydrogen-bond acceptors (Lipinski definition) is 7. The largest absolute Gasteiger partial charge is 0.481 e. The fraction of sp³-hybridized carbons (Fsp3) is 0.375. The van der Waals surface area contributed by atoms with Crippen LogP contribution in [0.2, 0.25) is 0 Å². The summed E-state index contributed by atoms with van der Waals surface area (Å²) in [5.74, 6) is 1.57. The molecule has 25 heavy (non-hydrogen) atoms. The van der Waals surface area contributed by atoms with E-state index in [1.165, 1.54) is 11.2 Å². The van der Waals surface area contributed by atoms with Crippen molar-refractivity contribution in [3.05, 3.63) is 30.7 Å². The van der Waals surface area contributed by atoms with Crippen LogP contribution in [0.5, 0.6) is 11.8 Å². The quantitative estimate of drug-likeness (QED) is 0.848. The first-order valence-electron chi connectivity index (χ1n) is 7.87. The Morgan fingerprint density at radius 2 is 2.04 bits per heavy atom. The van der Waals surface area contributed by atoms with Crippen LogP contribution in [0.25, 0.3) is 0 Å². The van der Waals surface area contributed by atoms with Crippen molar-refractivity contribution in [2.75, 3.05) is 25.5 Å². The molecule has 1 aliphatic rings. The second kappa shape index (κ2) is 7.65. The van der Waals surface area contributed by atoms with Gasteiger partial charge in [0.1, 0.15) is 18.2 Å². The van der Waals surface area contributed by atoms with Crippen LogP contribution in [0.4, 0.5) is 16.3 Å². The molecule has 2 N–H and O–H groups in total. The van der Waals surface area contributed by atoms with E-state index in [2.05, 4.69) is 20.3 Å². The highest BCUT2D eigenvalue weighted by atomic mass is 16.5. The zero-order valence-corrected chi connectivity index (χ0v) is 13.8. The maximum Gasteiger partial charge on any atom is 0.407 e. The average Bonchev–Trinajstić information content (AvgIpc) is 2.63. The third-order valence-corrected chi connectivity index (χ3v) is 3.86. The number of piperidine rings is 1. The van der Waals surface area contributed by atoms with Crippen molar-refractivity contribution in [2.45, 2.75) is 18.9 Å². The zero-order valence-electron chi connectivity index (χ0n) is 13.8. The fourth-order valence-corrected chi connectivity index (χ4v) is 2.53. The summed E-state index contributed by atoms with van der Waals surface area (Å²) >= 11 is 0. The van der Waals surface area contributed by atoms with Gasteiger partial charge in [-0.05, 0) is 6.07 Å². The van der Waals surface area contributed by atoms with E-state index in [4.69, 9.17) is 14.6 Å². The predicted molar refractivity (Wildman–Crippen MR) is 89.4 cm³/mol. The van der Waals surface area contributed by atoms with Crippen LogP contribution in [-0.4, -0.2) is 57.4 Å². The number of ether oxygens (including phenoxy) is 2. The lowest BCUT2D eigenvalue weighted by Crippen LogP contribution is -2.41. The summed E-state index contributed by atoms with van der Waals surface area (Å²) in [6.45, 7) is 0.932. The molecule has 0 aliphatic carbocycles. The summed E-state index contributed by atoms with van der Waals surface area (Å²) < 4.78 is 10.9. The number of pyridine rings is 1. The molecule has 0 atom stereocenters. The summed E-state index contributed by atoms with van der Waals surface area (Å²) in [6, 6.07) is 5.28. The Morgan fingerprint density at radius 1 is 1.24 bits per heavy atom. The molecule has 132 valence electrons. The van der Waals surface area contributed by atoms with Crippen LogP contribution in [0.15, 0.2) is 30.7 Å². The minimum Gasteiger partial charge on any atom is -0.481 e. The number of anilines is 2. The molecule has 9 heteroatoms. The molecule has 0 radical (unpaired) electrons. The van der Waals surface area contributed by atoms with E-state index < -0.39 is 6.09 Å².